The number of aromatic carboxylic acids is 1. The Hall–Kier alpha value is -2.96. The van der Waals surface area contributed by atoms with Gasteiger partial charge in [-0.15, -0.1) is 0 Å². The molecule has 0 radical (unpaired) electrons. The third-order valence-corrected chi connectivity index (χ3v) is 2.48. The number of carboxylic acid groups (broad SMARTS) is 1. The largest absolute Gasteiger partial charge is 0.478 e. The maximum absolute atomic E-state index is 13.5. The van der Waals surface area contributed by atoms with E-state index in [2.05, 4.69) is 10.3 Å². The number of carboxylic acids is 1. The Morgan fingerprint density at radius 3 is 2.60 bits per heavy atom. The highest BCUT2D eigenvalue weighted by atomic mass is 19.1. The van der Waals surface area contributed by atoms with Crippen molar-refractivity contribution in [3.8, 4) is 0 Å². The first-order valence-electron chi connectivity index (χ1n) is 5.53. The Morgan fingerprint density at radius 1 is 1.25 bits per heavy atom. The summed E-state index contributed by atoms with van der Waals surface area (Å²) in [5.41, 5.74) is 5.51. The van der Waals surface area contributed by atoms with Crippen molar-refractivity contribution in [3.63, 3.8) is 0 Å². The highest BCUT2D eigenvalue weighted by molar-refractivity contribution is 6.03. The molecule has 0 aliphatic heterocycles. The Labute approximate surface area is 113 Å². The maximum atomic E-state index is 13.5. The highest BCUT2D eigenvalue weighted by Gasteiger charge is 2.13. The fourth-order valence-electron chi connectivity index (χ4n) is 1.48. The minimum absolute atomic E-state index is 0.0410. The standard InChI is InChI=1S/C13H10FN3O3/c14-9-3-1-7(13(19)20)5-11(9)17-12(18)10-4-2-8(15)6-16-10/h1-6H,15H2,(H,17,18)(H,19,20). The van der Waals surface area contributed by atoms with Crippen molar-refractivity contribution in [2.24, 2.45) is 0 Å². The predicted octanol–water partition coefficient (Wildman–Crippen LogP) is 1.75. The average Bonchev–Trinajstić information content (AvgIpc) is 2.41. The van der Waals surface area contributed by atoms with Gasteiger partial charge in [0, 0.05) is 0 Å². The fraction of sp³-hybridized carbons (Fsp3) is 0. The van der Waals surface area contributed by atoms with Gasteiger partial charge in [-0.2, -0.15) is 0 Å². The summed E-state index contributed by atoms with van der Waals surface area (Å²) in [4.78, 5) is 26.4. The van der Waals surface area contributed by atoms with Crippen LogP contribution in [0.1, 0.15) is 20.8 Å². The number of benzene rings is 1. The molecule has 1 aromatic heterocycles. The molecule has 0 aliphatic carbocycles. The molecule has 0 saturated carbocycles. The lowest BCUT2D eigenvalue weighted by molar-refractivity contribution is 0.0696. The van der Waals surface area contributed by atoms with Crippen LogP contribution in [-0.4, -0.2) is 22.0 Å². The smallest absolute Gasteiger partial charge is 0.335 e. The van der Waals surface area contributed by atoms with Crippen LogP contribution in [0.5, 0.6) is 0 Å². The first kappa shape index (κ1) is 13.5. The van der Waals surface area contributed by atoms with E-state index >= 15 is 0 Å². The van der Waals surface area contributed by atoms with Gasteiger partial charge in [-0.1, -0.05) is 0 Å². The number of hydrogen-bond acceptors (Lipinski definition) is 4. The molecule has 1 amide bonds. The van der Waals surface area contributed by atoms with E-state index in [1.807, 2.05) is 0 Å². The number of nitrogen functional groups attached to an aromatic ring is 1. The second kappa shape index (κ2) is 5.35. The van der Waals surface area contributed by atoms with E-state index in [0.29, 0.717) is 5.69 Å². The lowest BCUT2D eigenvalue weighted by Crippen LogP contribution is -2.15. The van der Waals surface area contributed by atoms with Crippen molar-refractivity contribution in [1.82, 2.24) is 4.98 Å². The molecule has 2 rings (SSSR count). The highest BCUT2D eigenvalue weighted by Crippen LogP contribution is 2.17. The van der Waals surface area contributed by atoms with Crippen LogP contribution in [0.25, 0.3) is 0 Å². The van der Waals surface area contributed by atoms with Gasteiger partial charge in [-0.3, -0.25) is 4.79 Å². The molecule has 0 atom stereocenters. The number of nitrogens with one attached hydrogen (secondary N) is 1. The molecule has 7 heteroatoms. The zero-order valence-electron chi connectivity index (χ0n) is 10.1. The molecule has 2 aromatic rings. The van der Waals surface area contributed by atoms with E-state index in [1.54, 1.807) is 0 Å². The molecule has 4 N–H and O–H groups in total. The summed E-state index contributed by atoms with van der Waals surface area (Å²) in [5.74, 6) is -2.61. The molecular formula is C13H10FN3O3. The monoisotopic (exact) mass is 275 g/mol. The molecule has 6 nitrogen and oxygen atoms in total. The number of pyridine rings is 1. The molecule has 102 valence electrons. The van der Waals surface area contributed by atoms with Crippen molar-refractivity contribution < 1.29 is 19.1 Å². The van der Waals surface area contributed by atoms with E-state index in [9.17, 15) is 14.0 Å². The fourth-order valence-corrected chi connectivity index (χ4v) is 1.48. The molecule has 1 aromatic carbocycles. The Morgan fingerprint density at radius 2 is 2.00 bits per heavy atom. The number of halogens is 1. The van der Waals surface area contributed by atoms with Gasteiger partial charge in [0.2, 0.25) is 0 Å². The number of anilines is 2. The second-order valence-electron chi connectivity index (χ2n) is 3.93. The number of amides is 1. The third kappa shape index (κ3) is 2.89. The van der Waals surface area contributed by atoms with Gasteiger partial charge >= 0.3 is 5.97 Å². The summed E-state index contributed by atoms with van der Waals surface area (Å²) in [7, 11) is 0. The lowest BCUT2D eigenvalue weighted by atomic mass is 10.2. The van der Waals surface area contributed by atoms with Gasteiger partial charge in [-0.25, -0.2) is 14.2 Å². The molecule has 0 aliphatic rings. The van der Waals surface area contributed by atoms with Crippen LogP contribution >= 0.6 is 0 Å². The van der Waals surface area contributed by atoms with Crippen LogP contribution in [0, 0.1) is 5.82 Å². The van der Waals surface area contributed by atoms with E-state index in [-0.39, 0.29) is 16.9 Å². The Balaban J connectivity index is 2.25. The van der Waals surface area contributed by atoms with Gasteiger partial charge < -0.3 is 16.2 Å². The molecule has 20 heavy (non-hydrogen) atoms. The van der Waals surface area contributed by atoms with E-state index < -0.39 is 17.7 Å². The van der Waals surface area contributed by atoms with E-state index in [0.717, 1.165) is 18.2 Å². The number of hydrogen-bond donors (Lipinski definition) is 3. The van der Waals surface area contributed by atoms with Crippen LogP contribution in [-0.2, 0) is 0 Å². The summed E-state index contributed by atoms with van der Waals surface area (Å²) in [6, 6.07) is 5.96. The van der Waals surface area contributed by atoms with Crippen LogP contribution in [0.2, 0.25) is 0 Å². The lowest BCUT2D eigenvalue weighted by Gasteiger charge is -2.07. The number of aromatic nitrogens is 1. The van der Waals surface area contributed by atoms with Crippen LogP contribution in [0.4, 0.5) is 15.8 Å². The van der Waals surface area contributed by atoms with Crippen LogP contribution < -0.4 is 11.1 Å². The van der Waals surface area contributed by atoms with Crippen LogP contribution in [0.15, 0.2) is 36.5 Å². The molecule has 0 unspecified atom stereocenters. The van der Waals surface area contributed by atoms with Gasteiger partial charge in [0.15, 0.2) is 0 Å². The quantitative estimate of drug-likeness (QED) is 0.791. The van der Waals surface area contributed by atoms with E-state index in [4.69, 9.17) is 10.8 Å². The Kier molecular flexibility index (Phi) is 3.60. The third-order valence-electron chi connectivity index (χ3n) is 2.48. The minimum atomic E-state index is -1.22. The molecule has 0 spiro atoms. The number of nitrogens with zero attached hydrogens (tertiary/aromatic N) is 1. The van der Waals surface area contributed by atoms with Crippen molar-refractivity contribution in [2.75, 3.05) is 11.1 Å². The second-order valence-corrected chi connectivity index (χ2v) is 3.93. The summed E-state index contributed by atoms with van der Waals surface area (Å²) in [5, 5.41) is 11.1. The first-order chi connectivity index (χ1) is 9.47. The first-order valence-corrected chi connectivity index (χ1v) is 5.53. The zero-order chi connectivity index (χ0) is 14.7. The summed E-state index contributed by atoms with van der Waals surface area (Å²) in [6.45, 7) is 0. The predicted molar refractivity (Wildman–Crippen MR) is 70.0 cm³/mol. The zero-order valence-corrected chi connectivity index (χ0v) is 10.1. The number of nitrogens with two attached hydrogens (primary N) is 1. The Bertz CT molecular complexity index is 671. The molecule has 0 bridgehead atoms. The van der Waals surface area contributed by atoms with E-state index in [1.165, 1.54) is 18.3 Å². The average molecular weight is 275 g/mol. The molecule has 1 heterocycles. The minimum Gasteiger partial charge on any atom is -0.478 e. The van der Waals surface area contributed by atoms with Gasteiger partial charge in [-0.05, 0) is 30.3 Å². The molecule has 0 fully saturated rings. The summed E-state index contributed by atoms with van der Waals surface area (Å²) < 4.78 is 13.5. The summed E-state index contributed by atoms with van der Waals surface area (Å²) >= 11 is 0. The normalized spacial score (nSPS) is 10.1. The SMILES string of the molecule is Nc1ccc(C(=O)Nc2cc(C(=O)O)ccc2F)nc1. The van der Waals surface area contributed by atoms with Gasteiger partial charge in [0.05, 0.1) is 23.1 Å². The van der Waals surface area contributed by atoms with Crippen molar-refractivity contribution >= 4 is 23.3 Å². The van der Waals surface area contributed by atoms with Crippen molar-refractivity contribution in [3.05, 3.63) is 53.6 Å². The number of rotatable bonds is 3. The molecule has 0 saturated heterocycles. The topological polar surface area (TPSA) is 105 Å². The van der Waals surface area contributed by atoms with Crippen molar-refractivity contribution in [1.29, 1.82) is 0 Å². The number of carbonyl (C=O) groups excluding carboxylic acids is 1. The maximum Gasteiger partial charge on any atom is 0.335 e. The van der Waals surface area contributed by atoms with Gasteiger partial charge in [0.1, 0.15) is 11.5 Å². The number of carbonyl (C=O) groups is 2. The van der Waals surface area contributed by atoms with Crippen molar-refractivity contribution in [2.45, 2.75) is 0 Å². The molecular weight excluding hydrogens is 265 g/mol. The summed E-state index contributed by atoms with van der Waals surface area (Å²) in [6.07, 6.45) is 1.29. The van der Waals surface area contributed by atoms with Crippen LogP contribution in [0.3, 0.4) is 0 Å². The van der Waals surface area contributed by atoms with Gasteiger partial charge in [0.25, 0.3) is 5.91 Å².